The van der Waals surface area contributed by atoms with Gasteiger partial charge in [0, 0.05) is 5.69 Å². The lowest BCUT2D eigenvalue weighted by Gasteiger charge is -2.11. The summed E-state index contributed by atoms with van der Waals surface area (Å²) >= 11 is 0. The van der Waals surface area contributed by atoms with Gasteiger partial charge in [0.25, 0.3) is 0 Å². The first kappa shape index (κ1) is 21.0. The number of aryl methyl sites for hydroxylation is 1. The molecule has 0 spiro atoms. The van der Waals surface area contributed by atoms with E-state index >= 15 is 0 Å². The zero-order valence-electron chi connectivity index (χ0n) is 16.2. The molecule has 1 aromatic carbocycles. The lowest BCUT2D eigenvalue weighted by atomic mass is 9.96. The molecule has 0 radical (unpaired) electrons. The highest BCUT2D eigenvalue weighted by Gasteiger charge is 2.33. The molecule has 148 valence electrons. The van der Waals surface area contributed by atoms with Gasteiger partial charge in [-0.05, 0) is 62.6 Å². The predicted octanol–water partition coefficient (Wildman–Crippen LogP) is 5.26. The Morgan fingerprint density at radius 2 is 2.22 bits per heavy atom. The molecule has 1 N–H and O–H groups in total. The molecule has 5 heteroatoms. The number of benzene rings is 1. The molecule has 0 bridgehead atoms. The van der Waals surface area contributed by atoms with Crippen molar-refractivity contribution in [2.24, 2.45) is 5.92 Å². The molecule has 1 amide bonds. The molecule has 5 nitrogen and oxygen atoms in total. The largest absolute Gasteiger partial charge is 0.462 e. The first-order valence-electron chi connectivity index (χ1n) is 9.96. The Hall–Kier alpha value is -2.30. The number of amides is 1. The van der Waals surface area contributed by atoms with Gasteiger partial charge < -0.3 is 9.47 Å². The number of carbonyl (C=O) groups is 2. The van der Waals surface area contributed by atoms with E-state index in [9.17, 15) is 9.59 Å². The predicted molar refractivity (Wildman–Crippen MR) is 107 cm³/mol. The molecule has 1 aliphatic rings. The number of rotatable bonds is 11. The molecule has 1 heterocycles. The average molecular weight is 373 g/mol. The van der Waals surface area contributed by atoms with Crippen LogP contribution in [0.3, 0.4) is 0 Å². The molecular weight excluding hydrogens is 342 g/mol. The molecule has 0 saturated carbocycles. The number of hydrogen-bond donors (Lipinski definition) is 1. The number of cyclic esters (lactones) is 1. The van der Waals surface area contributed by atoms with Crippen molar-refractivity contribution in [3.05, 3.63) is 42.5 Å². The SMILES string of the molecule is C=CCCC[C@@H]1C[C@@H](CCc2cccc(NC(=O)OCCCC)c2)OC1=O. The summed E-state index contributed by atoms with van der Waals surface area (Å²) in [6.07, 6.45) is 8.51. The molecule has 1 aliphatic heterocycles. The Kier molecular flexibility index (Phi) is 8.89. The Morgan fingerprint density at radius 3 is 3.00 bits per heavy atom. The van der Waals surface area contributed by atoms with Crippen molar-refractivity contribution in [2.45, 2.75) is 64.4 Å². The Labute approximate surface area is 162 Å². The minimum atomic E-state index is -0.423. The quantitative estimate of drug-likeness (QED) is 0.327. The van der Waals surface area contributed by atoms with Gasteiger partial charge in [0.2, 0.25) is 0 Å². The van der Waals surface area contributed by atoms with Crippen molar-refractivity contribution < 1.29 is 19.1 Å². The molecular formula is C22H31NO4. The summed E-state index contributed by atoms with van der Waals surface area (Å²) < 4.78 is 10.6. The minimum Gasteiger partial charge on any atom is -0.462 e. The molecule has 0 aliphatic carbocycles. The second-order valence-electron chi connectivity index (χ2n) is 7.06. The lowest BCUT2D eigenvalue weighted by molar-refractivity contribution is -0.144. The maximum Gasteiger partial charge on any atom is 0.411 e. The number of allylic oxidation sites excluding steroid dienone is 1. The summed E-state index contributed by atoms with van der Waals surface area (Å²) in [5.41, 5.74) is 1.83. The topological polar surface area (TPSA) is 64.6 Å². The second kappa shape index (κ2) is 11.4. The minimum absolute atomic E-state index is 0.0122. The zero-order chi connectivity index (χ0) is 19.5. The smallest absolute Gasteiger partial charge is 0.411 e. The summed E-state index contributed by atoms with van der Waals surface area (Å²) in [6, 6.07) is 7.72. The van der Waals surface area contributed by atoms with Crippen molar-refractivity contribution >= 4 is 17.7 Å². The standard InChI is InChI=1S/C22H31NO4/c1-3-5-7-10-18-16-20(27-21(18)24)13-12-17-9-8-11-19(15-17)23-22(25)26-14-6-4-2/h3,8-9,11,15,18,20H,1,4-7,10,12-14,16H2,2H3,(H,23,25)/t18-,20-/m1/s1. The summed E-state index contributed by atoms with van der Waals surface area (Å²) in [5, 5.41) is 2.76. The van der Waals surface area contributed by atoms with Crippen LogP contribution in [0.4, 0.5) is 10.5 Å². The normalized spacial score (nSPS) is 18.8. The van der Waals surface area contributed by atoms with Crippen molar-refractivity contribution in [3.63, 3.8) is 0 Å². The van der Waals surface area contributed by atoms with Crippen LogP contribution in [0, 0.1) is 5.92 Å². The van der Waals surface area contributed by atoms with E-state index < -0.39 is 6.09 Å². The highest BCUT2D eigenvalue weighted by molar-refractivity contribution is 5.84. The monoisotopic (exact) mass is 373 g/mol. The third kappa shape index (κ3) is 7.45. The van der Waals surface area contributed by atoms with E-state index in [1.807, 2.05) is 30.3 Å². The maximum absolute atomic E-state index is 12.0. The first-order valence-corrected chi connectivity index (χ1v) is 9.96. The van der Waals surface area contributed by atoms with Gasteiger partial charge in [0.05, 0.1) is 12.5 Å². The Bertz CT molecular complexity index is 628. The van der Waals surface area contributed by atoms with Crippen LogP contribution in [0.2, 0.25) is 0 Å². The number of anilines is 1. The summed E-state index contributed by atoms with van der Waals surface area (Å²) in [7, 11) is 0. The van der Waals surface area contributed by atoms with Crippen LogP contribution in [0.5, 0.6) is 0 Å². The third-order valence-corrected chi connectivity index (χ3v) is 4.78. The van der Waals surface area contributed by atoms with E-state index in [0.29, 0.717) is 6.61 Å². The van der Waals surface area contributed by atoms with Crippen LogP contribution in [0.25, 0.3) is 0 Å². The number of carbonyl (C=O) groups excluding carboxylic acids is 2. The van der Waals surface area contributed by atoms with E-state index in [1.165, 1.54) is 0 Å². The van der Waals surface area contributed by atoms with E-state index in [-0.39, 0.29) is 18.0 Å². The van der Waals surface area contributed by atoms with Crippen molar-refractivity contribution in [1.82, 2.24) is 0 Å². The van der Waals surface area contributed by atoms with E-state index in [1.54, 1.807) is 0 Å². The second-order valence-corrected chi connectivity index (χ2v) is 7.06. The van der Waals surface area contributed by atoms with E-state index in [2.05, 4.69) is 18.8 Å². The summed E-state index contributed by atoms with van der Waals surface area (Å²) in [6.45, 7) is 6.20. The number of ether oxygens (including phenoxy) is 2. The first-order chi connectivity index (χ1) is 13.1. The molecule has 2 atom stereocenters. The van der Waals surface area contributed by atoms with Gasteiger partial charge in [-0.15, -0.1) is 6.58 Å². The van der Waals surface area contributed by atoms with E-state index in [4.69, 9.17) is 9.47 Å². The van der Waals surface area contributed by atoms with Crippen LogP contribution in [-0.2, 0) is 20.7 Å². The Balaban J connectivity index is 1.77. The molecule has 2 rings (SSSR count). The molecule has 0 unspecified atom stereocenters. The van der Waals surface area contributed by atoms with Gasteiger partial charge in [-0.3, -0.25) is 10.1 Å². The highest BCUT2D eigenvalue weighted by atomic mass is 16.6. The van der Waals surface area contributed by atoms with Gasteiger partial charge in [-0.25, -0.2) is 4.79 Å². The van der Waals surface area contributed by atoms with E-state index in [0.717, 1.165) is 62.6 Å². The number of hydrogen-bond acceptors (Lipinski definition) is 4. The zero-order valence-corrected chi connectivity index (χ0v) is 16.2. The van der Waals surface area contributed by atoms with Gasteiger partial charge in [0.1, 0.15) is 6.10 Å². The van der Waals surface area contributed by atoms with Gasteiger partial charge >= 0.3 is 12.1 Å². The van der Waals surface area contributed by atoms with Crippen LogP contribution in [0.15, 0.2) is 36.9 Å². The number of unbranched alkanes of at least 4 members (excludes halogenated alkanes) is 2. The van der Waals surface area contributed by atoms with Gasteiger partial charge in [-0.2, -0.15) is 0 Å². The van der Waals surface area contributed by atoms with Crippen LogP contribution in [-0.4, -0.2) is 24.8 Å². The fourth-order valence-corrected chi connectivity index (χ4v) is 3.24. The maximum atomic E-state index is 12.0. The van der Waals surface area contributed by atoms with Gasteiger partial charge in [-0.1, -0.05) is 31.6 Å². The Morgan fingerprint density at radius 1 is 1.37 bits per heavy atom. The molecule has 1 saturated heterocycles. The average Bonchev–Trinajstić information content (AvgIpc) is 3.01. The molecule has 27 heavy (non-hydrogen) atoms. The van der Waals surface area contributed by atoms with Gasteiger partial charge in [0.15, 0.2) is 0 Å². The van der Waals surface area contributed by atoms with Crippen LogP contribution < -0.4 is 5.32 Å². The van der Waals surface area contributed by atoms with Crippen LogP contribution in [0.1, 0.15) is 57.4 Å². The highest BCUT2D eigenvalue weighted by Crippen LogP contribution is 2.28. The third-order valence-electron chi connectivity index (χ3n) is 4.78. The van der Waals surface area contributed by atoms with Crippen molar-refractivity contribution in [3.8, 4) is 0 Å². The number of nitrogens with one attached hydrogen (secondary N) is 1. The molecule has 0 aromatic heterocycles. The number of esters is 1. The van der Waals surface area contributed by atoms with Crippen molar-refractivity contribution in [1.29, 1.82) is 0 Å². The molecule has 1 aromatic rings. The van der Waals surface area contributed by atoms with Crippen LogP contribution >= 0.6 is 0 Å². The summed E-state index contributed by atoms with van der Waals surface area (Å²) in [4.78, 5) is 23.7. The molecule has 1 fully saturated rings. The fourth-order valence-electron chi connectivity index (χ4n) is 3.24. The summed E-state index contributed by atoms with van der Waals surface area (Å²) in [5.74, 6) is -0.0323. The van der Waals surface area contributed by atoms with Crippen molar-refractivity contribution in [2.75, 3.05) is 11.9 Å². The fraction of sp³-hybridized carbons (Fsp3) is 0.545. The lowest BCUT2D eigenvalue weighted by Crippen LogP contribution is -2.14.